The van der Waals surface area contributed by atoms with E-state index in [4.69, 9.17) is 9.15 Å². The van der Waals surface area contributed by atoms with Crippen LogP contribution in [-0.2, 0) is 6.54 Å². The lowest BCUT2D eigenvalue weighted by atomic mass is 10.2. The number of benzene rings is 1. The quantitative estimate of drug-likeness (QED) is 0.868. The van der Waals surface area contributed by atoms with E-state index < -0.39 is 0 Å². The highest BCUT2D eigenvalue weighted by molar-refractivity contribution is 5.57. The Bertz CT molecular complexity index is 609. The van der Waals surface area contributed by atoms with Gasteiger partial charge < -0.3 is 14.1 Å². The molecule has 1 atom stereocenters. The Morgan fingerprint density at radius 1 is 1.27 bits per heavy atom. The molecule has 0 N–H and O–H groups in total. The molecule has 0 spiro atoms. The van der Waals surface area contributed by atoms with Crippen molar-refractivity contribution in [1.29, 1.82) is 0 Å². The lowest BCUT2D eigenvalue weighted by Gasteiger charge is -2.37. The molecule has 1 saturated heterocycles. The Morgan fingerprint density at radius 2 is 2.05 bits per heavy atom. The molecule has 118 valence electrons. The number of nitrogens with zero attached hydrogens (tertiary/aromatic N) is 3. The van der Waals surface area contributed by atoms with Crippen molar-refractivity contribution in [2.24, 2.45) is 0 Å². The monoisotopic (exact) mass is 301 g/mol. The summed E-state index contributed by atoms with van der Waals surface area (Å²) in [6.45, 7) is 6.26. The van der Waals surface area contributed by atoms with Gasteiger partial charge in [0.05, 0.1) is 19.9 Å². The zero-order valence-electron chi connectivity index (χ0n) is 13.5. The normalized spacial score (nSPS) is 20.2. The van der Waals surface area contributed by atoms with Crippen molar-refractivity contribution >= 4 is 0 Å². The number of aromatic nitrogens is 1. The minimum Gasteiger partial charge on any atom is -0.497 e. The van der Waals surface area contributed by atoms with Crippen LogP contribution in [0.25, 0.3) is 11.3 Å². The van der Waals surface area contributed by atoms with Gasteiger partial charge in [-0.3, -0.25) is 4.90 Å². The maximum absolute atomic E-state index is 5.91. The highest BCUT2D eigenvalue weighted by atomic mass is 16.5. The Labute approximate surface area is 131 Å². The molecule has 5 heteroatoms. The number of ether oxygens (including phenoxy) is 1. The van der Waals surface area contributed by atoms with Crippen LogP contribution >= 0.6 is 0 Å². The predicted molar refractivity (Wildman–Crippen MR) is 85.9 cm³/mol. The van der Waals surface area contributed by atoms with Gasteiger partial charge in [0.25, 0.3) is 0 Å². The number of hydrogen-bond acceptors (Lipinski definition) is 5. The molecule has 3 rings (SSSR count). The Kier molecular flexibility index (Phi) is 4.45. The molecule has 0 saturated carbocycles. The van der Waals surface area contributed by atoms with E-state index in [1.807, 2.05) is 24.3 Å². The van der Waals surface area contributed by atoms with Crippen molar-refractivity contribution in [3.8, 4) is 17.1 Å². The lowest BCUT2D eigenvalue weighted by Crippen LogP contribution is -2.49. The van der Waals surface area contributed by atoms with Gasteiger partial charge in [0.2, 0.25) is 5.89 Å². The molecule has 0 radical (unpaired) electrons. The Balaban J connectivity index is 1.68. The Morgan fingerprint density at radius 3 is 2.73 bits per heavy atom. The predicted octanol–water partition coefficient (Wildman–Crippen LogP) is 2.49. The van der Waals surface area contributed by atoms with Crippen LogP contribution in [0.1, 0.15) is 12.8 Å². The fourth-order valence-corrected chi connectivity index (χ4v) is 2.86. The standard InChI is InChI=1S/C17H23N3O2/c1-13-11-19(2)8-9-20(13)12-17-18-10-16(22-17)14-4-6-15(21-3)7-5-14/h4-7,10,13H,8-9,11-12H2,1-3H3/t13-/m1/s1. The molecule has 0 unspecified atom stereocenters. The molecular formula is C17H23N3O2. The van der Waals surface area contributed by atoms with Gasteiger partial charge in [0.1, 0.15) is 5.75 Å². The first-order chi connectivity index (χ1) is 10.7. The number of methoxy groups -OCH3 is 1. The van der Waals surface area contributed by atoms with E-state index in [2.05, 4.69) is 28.8 Å². The summed E-state index contributed by atoms with van der Waals surface area (Å²) >= 11 is 0. The lowest BCUT2D eigenvalue weighted by molar-refractivity contribution is 0.0861. The smallest absolute Gasteiger partial charge is 0.209 e. The highest BCUT2D eigenvalue weighted by Gasteiger charge is 2.22. The summed E-state index contributed by atoms with van der Waals surface area (Å²) in [5.74, 6) is 2.43. The summed E-state index contributed by atoms with van der Waals surface area (Å²) in [6.07, 6.45) is 1.80. The number of piperazine rings is 1. The summed E-state index contributed by atoms with van der Waals surface area (Å²) in [7, 11) is 3.83. The fraction of sp³-hybridized carbons (Fsp3) is 0.471. The van der Waals surface area contributed by atoms with Crippen molar-refractivity contribution in [3.63, 3.8) is 0 Å². The fourth-order valence-electron chi connectivity index (χ4n) is 2.86. The minimum absolute atomic E-state index is 0.523. The molecule has 5 nitrogen and oxygen atoms in total. The SMILES string of the molecule is COc1ccc(-c2cnc(CN3CCN(C)C[C@H]3C)o2)cc1. The van der Waals surface area contributed by atoms with Crippen LogP contribution in [0.5, 0.6) is 5.75 Å². The zero-order valence-corrected chi connectivity index (χ0v) is 13.5. The third-order valence-electron chi connectivity index (χ3n) is 4.23. The van der Waals surface area contributed by atoms with Gasteiger partial charge in [0.15, 0.2) is 5.76 Å². The van der Waals surface area contributed by atoms with E-state index >= 15 is 0 Å². The molecule has 1 fully saturated rings. The van der Waals surface area contributed by atoms with Crippen LogP contribution in [0.2, 0.25) is 0 Å². The average molecular weight is 301 g/mol. The molecule has 1 aromatic heterocycles. The third kappa shape index (κ3) is 3.31. The molecule has 0 aliphatic carbocycles. The average Bonchev–Trinajstić information content (AvgIpc) is 2.99. The second kappa shape index (κ2) is 6.50. The molecule has 22 heavy (non-hydrogen) atoms. The first-order valence-corrected chi connectivity index (χ1v) is 7.67. The van der Waals surface area contributed by atoms with Gasteiger partial charge >= 0.3 is 0 Å². The van der Waals surface area contributed by atoms with Crippen LogP contribution in [0.15, 0.2) is 34.9 Å². The van der Waals surface area contributed by atoms with E-state index in [0.29, 0.717) is 6.04 Å². The largest absolute Gasteiger partial charge is 0.497 e. The minimum atomic E-state index is 0.523. The molecule has 1 aromatic carbocycles. The second-order valence-electron chi connectivity index (χ2n) is 5.93. The molecule has 2 heterocycles. The van der Waals surface area contributed by atoms with E-state index in [-0.39, 0.29) is 0 Å². The van der Waals surface area contributed by atoms with Gasteiger partial charge in [-0.15, -0.1) is 0 Å². The zero-order chi connectivity index (χ0) is 15.5. The van der Waals surface area contributed by atoms with Crippen LogP contribution in [-0.4, -0.2) is 54.6 Å². The third-order valence-corrected chi connectivity index (χ3v) is 4.23. The van der Waals surface area contributed by atoms with Gasteiger partial charge in [-0.2, -0.15) is 0 Å². The van der Waals surface area contributed by atoms with Crippen LogP contribution in [0.4, 0.5) is 0 Å². The number of rotatable bonds is 4. The molecule has 2 aromatic rings. The van der Waals surface area contributed by atoms with Crippen LogP contribution in [0, 0.1) is 0 Å². The van der Waals surface area contributed by atoms with Crippen molar-refractivity contribution in [3.05, 3.63) is 36.4 Å². The highest BCUT2D eigenvalue weighted by Crippen LogP contribution is 2.24. The van der Waals surface area contributed by atoms with Gasteiger partial charge in [-0.25, -0.2) is 4.98 Å². The van der Waals surface area contributed by atoms with E-state index in [0.717, 1.165) is 49.1 Å². The van der Waals surface area contributed by atoms with E-state index in [9.17, 15) is 0 Å². The van der Waals surface area contributed by atoms with E-state index in [1.165, 1.54) is 0 Å². The molecule has 1 aliphatic rings. The first kappa shape index (κ1) is 15.1. The van der Waals surface area contributed by atoms with Crippen molar-refractivity contribution in [2.75, 3.05) is 33.8 Å². The van der Waals surface area contributed by atoms with Crippen molar-refractivity contribution in [1.82, 2.24) is 14.8 Å². The van der Waals surface area contributed by atoms with Gasteiger partial charge in [-0.1, -0.05) is 0 Å². The van der Waals surface area contributed by atoms with Crippen LogP contribution < -0.4 is 4.74 Å². The summed E-state index contributed by atoms with van der Waals surface area (Å²) in [6, 6.07) is 8.36. The van der Waals surface area contributed by atoms with Crippen molar-refractivity contribution < 1.29 is 9.15 Å². The van der Waals surface area contributed by atoms with Crippen molar-refractivity contribution in [2.45, 2.75) is 19.5 Å². The van der Waals surface area contributed by atoms with Gasteiger partial charge in [-0.05, 0) is 38.2 Å². The first-order valence-electron chi connectivity index (χ1n) is 7.67. The van der Waals surface area contributed by atoms with Crippen LogP contribution in [0.3, 0.4) is 0 Å². The topological polar surface area (TPSA) is 41.7 Å². The summed E-state index contributed by atoms with van der Waals surface area (Å²) in [4.78, 5) is 9.21. The summed E-state index contributed by atoms with van der Waals surface area (Å²) in [5.41, 5.74) is 1.02. The Hall–Kier alpha value is -1.85. The number of hydrogen-bond donors (Lipinski definition) is 0. The number of likely N-dealkylation sites (N-methyl/N-ethyl adjacent to an activating group) is 1. The number of oxazole rings is 1. The summed E-state index contributed by atoms with van der Waals surface area (Å²) in [5, 5.41) is 0. The molecule has 1 aliphatic heterocycles. The second-order valence-corrected chi connectivity index (χ2v) is 5.93. The maximum Gasteiger partial charge on any atom is 0.209 e. The molecule has 0 amide bonds. The maximum atomic E-state index is 5.91. The van der Waals surface area contributed by atoms with E-state index in [1.54, 1.807) is 13.3 Å². The molecule has 0 bridgehead atoms. The summed E-state index contributed by atoms with van der Waals surface area (Å²) < 4.78 is 11.1. The van der Waals surface area contributed by atoms with Gasteiger partial charge in [0, 0.05) is 31.2 Å². The molecular weight excluding hydrogens is 278 g/mol.